The number of carbonyl (C=O) groups is 1. The smallest absolute Gasteiger partial charge is 0.336 e. The van der Waals surface area contributed by atoms with Crippen molar-refractivity contribution in [3.8, 4) is 0 Å². The van der Waals surface area contributed by atoms with Gasteiger partial charge in [-0.15, -0.1) is 11.3 Å². The lowest BCUT2D eigenvalue weighted by molar-refractivity contribution is -0.137. The van der Waals surface area contributed by atoms with Crippen LogP contribution < -0.4 is 0 Å². The molecule has 1 fully saturated rings. The molecular formula is C20H21F3N2O3S2. The first-order valence-electron chi connectivity index (χ1n) is 9.74. The molecule has 1 saturated heterocycles. The summed E-state index contributed by atoms with van der Waals surface area (Å²) in [5.74, 6) is -0.0921. The quantitative estimate of drug-likeness (QED) is 0.703. The Labute approximate surface area is 177 Å². The van der Waals surface area contributed by atoms with Crippen molar-refractivity contribution in [2.75, 3.05) is 26.2 Å². The van der Waals surface area contributed by atoms with Gasteiger partial charge in [0, 0.05) is 36.4 Å². The van der Waals surface area contributed by atoms with E-state index in [1.165, 1.54) is 10.9 Å². The van der Waals surface area contributed by atoms with Gasteiger partial charge in [0.25, 0.3) is 5.91 Å². The van der Waals surface area contributed by atoms with Gasteiger partial charge in [0.1, 0.15) is 0 Å². The highest BCUT2D eigenvalue weighted by Crippen LogP contribution is 2.33. The van der Waals surface area contributed by atoms with Gasteiger partial charge in [0.2, 0.25) is 10.0 Å². The summed E-state index contributed by atoms with van der Waals surface area (Å²) in [5, 5.41) is 1.89. The van der Waals surface area contributed by atoms with Gasteiger partial charge in [0.05, 0.1) is 16.0 Å². The Morgan fingerprint density at radius 2 is 1.73 bits per heavy atom. The fourth-order valence-electron chi connectivity index (χ4n) is 3.96. The Morgan fingerprint density at radius 1 is 1.03 bits per heavy atom. The second kappa shape index (κ2) is 7.97. The van der Waals surface area contributed by atoms with Crippen molar-refractivity contribution in [2.24, 2.45) is 0 Å². The molecule has 2 aliphatic rings. The maximum absolute atomic E-state index is 13.0. The molecule has 162 valence electrons. The van der Waals surface area contributed by atoms with Crippen molar-refractivity contribution >= 4 is 27.3 Å². The number of rotatable bonds is 3. The fraction of sp³-hybridized carbons (Fsp3) is 0.450. The monoisotopic (exact) mass is 458 g/mol. The molecule has 1 aromatic heterocycles. The normalized spacial score (nSPS) is 18.3. The minimum absolute atomic E-state index is 0.0522. The molecule has 0 spiro atoms. The number of benzene rings is 1. The van der Waals surface area contributed by atoms with E-state index in [0.717, 1.165) is 47.7 Å². The summed E-state index contributed by atoms with van der Waals surface area (Å²) >= 11 is 1.60. The highest BCUT2D eigenvalue weighted by atomic mass is 32.2. The van der Waals surface area contributed by atoms with Crippen LogP contribution >= 0.6 is 11.3 Å². The summed E-state index contributed by atoms with van der Waals surface area (Å²) in [7, 11) is -4.06. The number of amides is 1. The second-order valence-electron chi connectivity index (χ2n) is 7.48. The number of alkyl halides is 3. The number of hydrogen-bond acceptors (Lipinski definition) is 4. The van der Waals surface area contributed by atoms with Crippen molar-refractivity contribution < 1.29 is 26.4 Å². The zero-order valence-corrected chi connectivity index (χ0v) is 17.7. The molecule has 30 heavy (non-hydrogen) atoms. The van der Waals surface area contributed by atoms with Gasteiger partial charge in [-0.05, 0) is 49.4 Å². The summed E-state index contributed by atoms with van der Waals surface area (Å²) in [6, 6.07) is 3.76. The third-order valence-electron chi connectivity index (χ3n) is 5.62. The molecule has 0 radical (unpaired) electrons. The molecular weight excluding hydrogens is 437 g/mol. The van der Waals surface area contributed by atoms with Gasteiger partial charge >= 0.3 is 6.18 Å². The molecule has 10 heteroatoms. The third-order valence-corrected chi connectivity index (χ3v) is 8.60. The first kappa shape index (κ1) is 21.3. The molecule has 1 aliphatic heterocycles. The van der Waals surface area contributed by atoms with E-state index in [2.05, 4.69) is 0 Å². The zero-order valence-electron chi connectivity index (χ0n) is 16.1. The summed E-state index contributed by atoms with van der Waals surface area (Å²) in [4.78, 5) is 15.5. The van der Waals surface area contributed by atoms with E-state index in [-0.39, 0.29) is 37.0 Å². The number of carbonyl (C=O) groups excluding carboxylic acids is 1. The van der Waals surface area contributed by atoms with Gasteiger partial charge in [-0.1, -0.05) is 6.07 Å². The molecule has 2 aromatic rings. The van der Waals surface area contributed by atoms with E-state index in [4.69, 9.17) is 0 Å². The Bertz CT molecular complexity index is 1060. The minimum Gasteiger partial charge on any atom is -0.336 e. The van der Waals surface area contributed by atoms with Gasteiger partial charge in [-0.25, -0.2) is 8.42 Å². The van der Waals surface area contributed by atoms with Crippen molar-refractivity contribution in [2.45, 2.75) is 36.8 Å². The number of thiophene rings is 1. The number of sulfonamides is 1. The SMILES string of the molecule is O=C(c1csc2c1CCCC2)N1CCN(S(=O)(=O)c2cccc(C(F)(F)F)c2)CC1. The second-order valence-corrected chi connectivity index (χ2v) is 10.4. The minimum atomic E-state index is -4.61. The zero-order chi connectivity index (χ0) is 21.5. The van der Waals surface area contributed by atoms with E-state index < -0.39 is 21.8 Å². The van der Waals surface area contributed by atoms with Crippen LogP contribution in [0.25, 0.3) is 0 Å². The van der Waals surface area contributed by atoms with Crippen LogP contribution in [0, 0.1) is 0 Å². The largest absolute Gasteiger partial charge is 0.416 e. The standard InChI is InChI=1S/C20H21F3N2O3S2/c21-20(22,23)14-4-3-5-15(12-14)30(27,28)25-10-8-24(9-11-25)19(26)17-13-29-18-7-2-1-6-16(17)18/h3-5,12-13H,1-2,6-11H2. The van der Waals surface area contributed by atoms with Crippen LogP contribution in [-0.4, -0.2) is 49.7 Å². The summed E-state index contributed by atoms with van der Waals surface area (Å²) in [5.41, 5.74) is 0.832. The number of halogens is 3. The maximum atomic E-state index is 13.0. The first-order chi connectivity index (χ1) is 14.2. The number of piperazine rings is 1. The molecule has 4 rings (SSSR count). The van der Waals surface area contributed by atoms with E-state index >= 15 is 0 Å². The first-order valence-corrected chi connectivity index (χ1v) is 12.1. The molecule has 0 N–H and O–H groups in total. The van der Waals surface area contributed by atoms with E-state index in [9.17, 15) is 26.4 Å². The maximum Gasteiger partial charge on any atom is 0.416 e. The lowest BCUT2D eigenvalue weighted by atomic mass is 9.95. The van der Waals surface area contributed by atoms with Crippen LogP contribution in [0.15, 0.2) is 34.5 Å². The van der Waals surface area contributed by atoms with Crippen LogP contribution in [0.3, 0.4) is 0 Å². The predicted octanol–water partition coefficient (Wildman–Crippen LogP) is 3.79. The Morgan fingerprint density at radius 3 is 2.43 bits per heavy atom. The average molecular weight is 459 g/mol. The molecule has 5 nitrogen and oxygen atoms in total. The van der Waals surface area contributed by atoms with Crippen LogP contribution in [0.5, 0.6) is 0 Å². The highest BCUT2D eigenvalue weighted by Gasteiger charge is 2.35. The number of fused-ring (bicyclic) bond motifs is 1. The van der Waals surface area contributed by atoms with Crippen LogP contribution in [0.4, 0.5) is 13.2 Å². The van der Waals surface area contributed by atoms with Gasteiger partial charge < -0.3 is 4.90 Å². The Balaban J connectivity index is 1.47. The summed E-state index contributed by atoms with van der Waals surface area (Å²) in [6.07, 6.45) is -0.531. The Kier molecular flexibility index (Phi) is 5.67. The lowest BCUT2D eigenvalue weighted by Crippen LogP contribution is -2.50. The molecule has 1 aliphatic carbocycles. The predicted molar refractivity (Wildman–Crippen MR) is 107 cm³/mol. The lowest BCUT2D eigenvalue weighted by Gasteiger charge is -2.34. The Hall–Kier alpha value is -1.91. The van der Waals surface area contributed by atoms with Gasteiger partial charge in [0.15, 0.2) is 0 Å². The number of aryl methyl sites for hydroxylation is 1. The van der Waals surface area contributed by atoms with Crippen molar-refractivity contribution in [3.63, 3.8) is 0 Å². The topological polar surface area (TPSA) is 57.7 Å². The number of hydrogen-bond donors (Lipinski definition) is 0. The molecule has 2 heterocycles. The summed E-state index contributed by atoms with van der Waals surface area (Å²) in [6.45, 7) is 0.524. The van der Waals surface area contributed by atoms with Crippen LogP contribution in [0.2, 0.25) is 0 Å². The molecule has 0 atom stereocenters. The van der Waals surface area contributed by atoms with E-state index in [0.29, 0.717) is 11.6 Å². The van der Waals surface area contributed by atoms with Gasteiger partial charge in [-0.3, -0.25) is 4.79 Å². The van der Waals surface area contributed by atoms with Crippen molar-refractivity contribution in [3.05, 3.63) is 51.2 Å². The van der Waals surface area contributed by atoms with Crippen LogP contribution in [0.1, 0.15) is 39.2 Å². The van der Waals surface area contributed by atoms with E-state index in [1.54, 1.807) is 16.2 Å². The highest BCUT2D eigenvalue weighted by molar-refractivity contribution is 7.89. The summed E-state index contributed by atoms with van der Waals surface area (Å²) < 4.78 is 65.6. The molecule has 1 amide bonds. The molecule has 1 aromatic carbocycles. The van der Waals surface area contributed by atoms with Crippen molar-refractivity contribution in [1.82, 2.24) is 9.21 Å². The fourth-order valence-corrected chi connectivity index (χ4v) is 6.55. The molecule has 0 bridgehead atoms. The number of nitrogens with zero attached hydrogens (tertiary/aromatic N) is 2. The average Bonchev–Trinajstić information content (AvgIpc) is 3.17. The van der Waals surface area contributed by atoms with E-state index in [1.807, 2.05) is 5.38 Å². The van der Waals surface area contributed by atoms with Gasteiger partial charge in [-0.2, -0.15) is 17.5 Å². The molecule has 0 saturated carbocycles. The third kappa shape index (κ3) is 4.00. The molecule has 0 unspecified atom stereocenters. The van der Waals surface area contributed by atoms with Crippen molar-refractivity contribution in [1.29, 1.82) is 0 Å². The van der Waals surface area contributed by atoms with Crippen LogP contribution in [-0.2, 0) is 29.0 Å².